The van der Waals surface area contributed by atoms with Crippen molar-refractivity contribution in [1.82, 2.24) is 4.57 Å². The van der Waals surface area contributed by atoms with Crippen molar-refractivity contribution in [2.75, 3.05) is 25.1 Å². The predicted molar refractivity (Wildman–Crippen MR) is 174 cm³/mol. The van der Waals surface area contributed by atoms with Crippen molar-refractivity contribution < 1.29 is 23.8 Å². The van der Waals surface area contributed by atoms with Crippen LogP contribution in [0.3, 0.4) is 0 Å². The summed E-state index contributed by atoms with van der Waals surface area (Å²) in [4.78, 5) is 44.7. The Bertz CT molecular complexity index is 1960. The molecule has 5 rings (SSSR count). The van der Waals surface area contributed by atoms with Gasteiger partial charge in [-0.05, 0) is 99.3 Å². The highest BCUT2D eigenvalue weighted by Crippen LogP contribution is 2.31. The first-order valence-corrected chi connectivity index (χ1v) is 15.5. The summed E-state index contributed by atoms with van der Waals surface area (Å²) < 4.78 is 18.7. The van der Waals surface area contributed by atoms with Crippen molar-refractivity contribution in [3.63, 3.8) is 0 Å². The molecule has 1 aliphatic rings. The maximum absolute atomic E-state index is 13.9. The van der Waals surface area contributed by atoms with E-state index in [1.807, 2.05) is 69.3 Å². The minimum atomic E-state index is -0.719. The second kappa shape index (κ2) is 13.8. The Labute approximate surface area is 265 Å². The van der Waals surface area contributed by atoms with Gasteiger partial charge in [0.25, 0.3) is 11.5 Å². The van der Waals surface area contributed by atoms with Gasteiger partial charge in [-0.25, -0.2) is 9.79 Å². The Morgan fingerprint density at radius 1 is 0.933 bits per heavy atom. The van der Waals surface area contributed by atoms with E-state index in [1.165, 1.54) is 11.3 Å². The number of carbonyl (C=O) groups is 2. The SMILES string of the molecule is CCOC(=O)C1=C(C)N=c2s/c(=C/c3cccc(OCC(=O)Nc4ccc(C)c(C)c4)c3)c(=O)n2[C@@H]1c1ccc(OCC)cc1. The number of rotatable bonds is 10. The molecule has 1 N–H and O–H groups in total. The second-order valence-electron chi connectivity index (χ2n) is 10.5. The van der Waals surface area contributed by atoms with Gasteiger partial charge in [-0.3, -0.25) is 14.2 Å². The van der Waals surface area contributed by atoms with E-state index >= 15 is 0 Å². The molecule has 0 saturated carbocycles. The highest BCUT2D eigenvalue weighted by Gasteiger charge is 2.33. The fourth-order valence-electron chi connectivity index (χ4n) is 5.03. The van der Waals surface area contributed by atoms with Crippen LogP contribution in [0.1, 0.15) is 49.1 Å². The number of esters is 1. The number of benzene rings is 3. The molecular formula is C35H35N3O6S. The van der Waals surface area contributed by atoms with Crippen LogP contribution in [0.2, 0.25) is 0 Å². The van der Waals surface area contributed by atoms with Gasteiger partial charge in [0.2, 0.25) is 0 Å². The largest absolute Gasteiger partial charge is 0.494 e. The first kappa shape index (κ1) is 31.5. The van der Waals surface area contributed by atoms with Crippen LogP contribution in [0.25, 0.3) is 6.08 Å². The van der Waals surface area contributed by atoms with Crippen molar-refractivity contribution in [2.45, 2.75) is 40.7 Å². The van der Waals surface area contributed by atoms with Crippen LogP contribution in [0.5, 0.6) is 11.5 Å². The van der Waals surface area contributed by atoms with Gasteiger partial charge in [-0.1, -0.05) is 41.7 Å². The van der Waals surface area contributed by atoms with Gasteiger partial charge in [0, 0.05) is 5.69 Å². The number of hydrogen-bond donors (Lipinski definition) is 1. The minimum Gasteiger partial charge on any atom is -0.494 e. The number of aromatic nitrogens is 1. The predicted octanol–water partition coefficient (Wildman–Crippen LogP) is 4.83. The molecule has 0 spiro atoms. The molecule has 1 aliphatic heterocycles. The van der Waals surface area contributed by atoms with Gasteiger partial charge in [0.15, 0.2) is 11.4 Å². The van der Waals surface area contributed by atoms with E-state index < -0.39 is 12.0 Å². The number of fused-ring (bicyclic) bond motifs is 1. The van der Waals surface area contributed by atoms with Crippen LogP contribution in [0.4, 0.5) is 5.69 Å². The molecule has 2 heterocycles. The van der Waals surface area contributed by atoms with E-state index in [4.69, 9.17) is 14.2 Å². The number of thiazole rings is 1. The summed E-state index contributed by atoms with van der Waals surface area (Å²) in [7, 11) is 0. The first-order chi connectivity index (χ1) is 21.7. The van der Waals surface area contributed by atoms with E-state index in [0.29, 0.717) is 50.0 Å². The lowest BCUT2D eigenvalue weighted by atomic mass is 9.96. The van der Waals surface area contributed by atoms with Gasteiger partial charge in [0.1, 0.15) is 11.5 Å². The molecule has 3 aromatic carbocycles. The third-order valence-corrected chi connectivity index (χ3v) is 8.32. The Hall–Kier alpha value is -4.96. The molecular weight excluding hydrogens is 590 g/mol. The molecule has 10 heteroatoms. The Balaban J connectivity index is 1.44. The van der Waals surface area contributed by atoms with E-state index in [9.17, 15) is 14.4 Å². The summed E-state index contributed by atoms with van der Waals surface area (Å²) in [5, 5.41) is 2.85. The average Bonchev–Trinajstić information content (AvgIpc) is 3.32. The fraction of sp³-hybridized carbons (Fsp3) is 0.257. The van der Waals surface area contributed by atoms with Crippen molar-refractivity contribution in [2.24, 2.45) is 4.99 Å². The molecule has 0 fully saturated rings. The van der Waals surface area contributed by atoms with Crippen molar-refractivity contribution >= 4 is 35.0 Å². The topological polar surface area (TPSA) is 108 Å². The van der Waals surface area contributed by atoms with E-state index in [2.05, 4.69) is 10.3 Å². The molecule has 4 aromatic rings. The number of hydrogen-bond acceptors (Lipinski definition) is 8. The molecule has 45 heavy (non-hydrogen) atoms. The zero-order valence-electron chi connectivity index (χ0n) is 25.9. The molecule has 0 unspecified atom stereocenters. The van der Waals surface area contributed by atoms with Gasteiger partial charge in [-0.15, -0.1) is 0 Å². The Morgan fingerprint density at radius 3 is 2.42 bits per heavy atom. The van der Waals surface area contributed by atoms with Crippen LogP contribution < -0.4 is 29.7 Å². The highest BCUT2D eigenvalue weighted by molar-refractivity contribution is 7.07. The highest BCUT2D eigenvalue weighted by atomic mass is 32.1. The zero-order valence-corrected chi connectivity index (χ0v) is 26.7. The molecule has 1 atom stereocenters. The first-order valence-electron chi connectivity index (χ1n) is 14.7. The third kappa shape index (κ3) is 7.07. The number of carbonyl (C=O) groups excluding carboxylic acids is 2. The monoisotopic (exact) mass is 625 g/mol. The normalized spacial score (nSPS) is 14.4. The van der Waals surface area contributed by atoms with Gasteiger partial charge < -0.3 is 19.5 Å². The van der Waals surface area contributed by atoms with Crippen LogP contribution in [0, 0.1) is 13.8 Å². The number of nitrogens with one attached hydrogen (secondary N) is 1. The molecule has 232 valence electrons. The smallest absolute Gasteiger partial charge is 0.338 e. The maximum atomic E-state index is 13.9. The molecule has 1 amide bonds. The molecule has 9 nitrogen and oxygen atoms in total. The Kier molecular flexibility index (Phi) is 9.63. The molecule has 0 radical (unpaired) electrons. The van der Waals surface area contributed by atoms with Crippen LogP contribution in [-0.2, 0) is 14.3 Å². The molecule has 1 aromatic heterocycles. The van der Waals surface area contributed by atoms with Crippen LogP contribution >= 0.6 is 11.3 Å². The van der Waals surface area contributed by atoms with Gasteiger partial charge in [-0.2, -0.15) is 0 Å². The quantitative estimate of drug-likeness (QED) is 0.253. The second-order valence-corrected chi connectivity index (χ2v) is 11.5. The maximum Gasteiger partial charge on any atom is 0.338 e. The lowest BCUT2D eigenvalue weighted by molar-refractivity contribution is -0.139. The molecule has 0 bridgehead atoms. The number of nitrogens with zero attached hydrogens (tertiary/aromatic N) is 2. The minimum absolute atomic E-state index is 0.170. The summed E-state index contributed by atoms with van der Waals surface area (Å²) in [6.45, 7) is 9.95. The zero-order chi connectivity index (χ0) is 32.1. The molecule has 0 saturated heterocycles. The fourth-order valence-corrected chi connectivity index (χ4v) is 6.08. The van der Waals surface area contributed by atoms with Gasteiger partial charge >= 0.3 is 5.97 Å². The van der Waals surface area contributed by atoms with E-state index in [0.717, 1.165) is 16.7 Å². The lowest BCUT2D eigenvalue weighted by Gasteiger charge is -2.24. The molecule has 0 aliphatic carbocycles. The Morgan fingerprint density at radius 2 is 1.71 bits per heavy atom. The third-order valence-electron chi connectivity index (χ3n) is 7.34. The summed E-state index contributed by atoms with van der Waals surface area (Å²) in [5.74, 6) is 0.383. The average molecular weight is 626 g/mol. The van der Waals surface area contributed by atoms with Gasteiger partial charge in [0.05, 0.1) is 35.1 Å². The summed E-state index contributed by atoms with van der Waals surface area (Å²) >= 11 is 1.24. The number of aryl methyl sites for hydroxylation is 2. The van der Waals surface area contributed by atoms with E-state index in [-0.39, 0.29) is 24.7 Å². The number of ether oxygens (including phenoxy) is 3. The van der Waals surface area contributed by atoms with Crippen LogP contribution in [0.15, 0.2) is 87.8 Å². The number of amides is 1. The number of anilines is 1. The van der Waals surface area contributed by atoms with Crippen LogP contribution in [-0.4, -0.2) is 36.3 Å². The van der Waals surface area contributed by atoms with Crippen molar-refractivity contribution in [3.8, 4) is 11.5 Å². The lowest BCUT2D eigenvalue weighted by Crippen LogP contribution is -2.39. The van der Waals surface area contributed by atoms with Crippen molar-refractivity contribution in [1.29, 1.82) is 0 Å². The standard InChI is InChI=1S/C35H35N3O6S/c1-6-42-27-15-12-25(13-16-27)32-31(34(41)43-7-2)23(5)36-35-38(32)33(40)29(45-35)19-24-9-8-10-28(18-24)44-20-30(39)37-26-14-11-21(3)22(4)17-26/h8-19,32H,6-7,20H2,1-5H3,(H,37,39)/b29-19+/t32-/m1/s1. The summed E-state index contributed by atoms with van der Waals surface area (Å²) in [5.41, 5.74) is 4.92. The van der Waals surface area contributed by atoms with Crippen molar-refractivity contribution in [3.05, 3.63) is 120 Å². The summed E-state index contributed by atoms with van der Waals surface area (Å²) in [6, 6.07) is 19.5. The van der Waals surface area contributed by atoms with E-state index in [1.54, 1.807) is 42.7 Å². The number of allylic oxidation sites excluding steroid dienone is 1. The summed E-state index contributed by atoms with van der Waals surface area (Å²) in [6.07, 6.45) is 1.75.